The Bertz CT molecular complexity index is 501. The molecule has 0 fully saturated rings. The van der Waals surface area contributed by atoms with Gasteiger partial charge in [-0.3, -0.25) is 0 Å². The molecule has 83 valence electrons. The molecule has 1 aliphatic rings. The molecule has 0 unspecified atom stereocenters. The van der Waals surface area contributed by atoms with E-state index in [4.69, 9.17) is 9.31 Å². The van der Waals surface area contributed by atoms with Gasteiger partial charge in [0.25, 0.3) is 0 Å². The molecule has 2 rings (SSSR count). The summed E-state index contributed by atoms with van der Waals surface area (Å²) in [6.45, 7) is 7.39. The summed E-state index contributed by atoms with van der Waals surface area (Å²) in [5, 5.41) is 0. The van der Waals surface area contributed by atoms with E-state index in [1.807, 2.05) is 30.3 Å². The Morgan fingerprint density at radius 2 is 1.76 bits per heavy atom. The molecule has 0 aromatic heterocycles. The Morgan fingerprint density at radius 1 is 1.00 bits per heavy atom. The first-order valence-corrected chi connectivity index (χ1v) is 5.27. The van der Waals surface area contributed by atoms with Crippen molar-refractivity contribution in [3.05, 3.63) is 73.1 Å². The third-order valence-corrected chi connectivity index (χ3v) is 2.35. The van der Waals surface area contributed by atoms with E-state index in [0.717, 1.165) is 16.9 Å². The van der Waals surface area contributed by atoms with Gasteiger partial charge in [-0.15, -0.1) is 0 Å². The molecule has 0 aliphatic carbocycles. The quantitative estimate of drug-likeness (QED) is 0.716. The molecule has 17 heavy (non-hydrogen) atoms. The summed E-state index contributed by atoms with van der Waals surface area (Å²) in [4.78, 5) is 0. The molecule has 0 saturated heterocycles. The first kappa shape index (κ1) is 11.3. The molecule has 1 aromatic rings. The average molecular weight is 223 g/mol. The second kappa shape index (κ2) is 5.26. The van der Waals surface area contributed by atoms with E-state index in [2.05, 4.69) is 13.2 Å². The Hall–Kier alpha value is -2.16. The molecule has 2 nitrogen and oxygen atoms in total. The average Bonchev–Trinajstić information content (AvgIpc) is 2.51. The van der Waals surface area contributed by atoms with Crippen molar-refractivity contribution in [1.82, 2.24) is 0 Å². The van der Waals surface area contributed by atoms with E-state index in [1.54, 1.807) is 18.2 Å². The molecule has 0 atom stereocenters. The van der Waals surface area contributed by atoms with Crippen molar-refractivity contribution in [1.29, 1.82) is 0 Å². The van der Waals surface area contributed by atoms with E-state index < -0.39 is 0 Å². The van der Waals surface area contributed by atoms with Crippen LogP contribution in [-0.4, -0.2) is 7.69 Å². The third kappa shape index (κ3) is 2.33. The number of hydrogen-bond donors (Lipinski definition) is 0. The van der Waals surface area contributed by atoms with Gasteiger partial charge in [0.2, 0.25) is 0 Å². The van der Waals surface area contributed by atoms with Crippen molar-refractivity contribution >= 4 is 13.3 Å². The summed E-state index contributed by atoms with van der Waals surface area (Å²) in [5.41, 5.74) is 1.89. The Kier molecular flexibility index (Phi) is 3.50. The minimum absolute atomic E-state index is 0.685. The summed E-state index contributed by atoms with van der Waals surface area (Å²) >= 11 is 0. The second-order valence-corrected chi connectivity index (χ2v) is 3.41. The van der Waals surface area contributed by atoms with Crippen LogP contribution in [-0.2, 0) is 4.65 Å². The van der Waals surface area contributed by atoms with Crippen molar-refractivity contribution in [2.75, 3.05) is 0 Å². The Labute approximate surface area is 102 Å². The van der Waals surface area contributed by atoms with Gasteiger partial charge in [0.05, 0.1) is 0 Å². The van der Waals surface area contributed by atoms with E-state index in [0.29, 0.717) is 5.76 Å². The minimum atomic E-state index is 0.685. The summed E-state index contributed by atoms with van der Waals surface area (Å²) in [6, 6.07) is 7.74. The number of fused-ring (bicyclic) bond motifs is 1. The van der Waals surface area contributed by atoms with E-state index in [9.17, 15) is 0 Å². The summed E-state index contributed by atoms with van der Waals surface area (Å²) in [5.74, 6) is 1.44. The van der Waals surface area contributed by atoms with Crippen LogP contribution in [0.5, 0.6) is 5.75 Å². The highest BCUT2D eigenvalue weighted by Gasteiger charge is 2.19. The van der Waals surface area contributed by atoms with Gasteiger partial charge in [0.15, 0.2) is 0 Å². The van der Waals surface area contributed by atoms with Crippen LogP contribution < -0.4 is 4.65 Å². The molecule has 1 aromatic carbocycles. The van der Waals surface area contributed by atoms with Gasteiger partial charge < -0.3 is 9.31 Å². The monoisotopic (exact) mass is 223 g/mol. The molecular weight excluding hydrogens is 211 g/mol. The van der Waals surface area contributed by atoms with Crippen LogP contribution in [0.4, 0.5) is 0 Å². The van der Waals surface area contributed by atoms with Gasteiger partial charge in [0.1, 0.15) is 11.5 Å². The van der Waals surface area contributed by atoms with Gasteiger partial charge in [-0.1, -0.05) is 49.6 Å². The fourth-order valence-corrected chi connectivity index (χ4v) is 1.64. The maximum atomic E-state index is 5.42. The van der Waals surface area contributed by atoms with Crippen LogP contribution in [0.15, 0.2) is 67.5 Å². The molecule has 1 radical (unpaired) electrons. The van der Waals surface area contributed by atoms with Crippen LogP contribution in [0.1, 0.15) is 5.56 Å². The highest BCUT2D eigenvalue weighted by Crippen LogP contribution is 2.33. The fourth-order valence-electron chi connectivity index (χ4n) is 1.64. The van der Waals surface area contributed by atoms with Gasteiger partial charge in [-0.05, 0) is 12.1 Å². The second-order valence-electron chi connectivity index (χ2n) is 3.41. The number of benzene rings is 1. The standard InChI is InChI=1S/C14H12BO2/c1-3-7-11-12-9-5-6-10-14(12)17-15-16-13(11)8-4-2/h3-10H,1-2H2/b11-7?,13-8+. The van der Waals surface area contributed by atoms with Crippen LogP contribution in [0, 0.1) is 0 Å². The van der Waals surface area contributed by atoms with Gasteiger partial charge >= 0.3 is 7.69 Å². The maximum absolute atomic E-state index is 5.42. The summed E-state index contributed by atoms with van der Waals surface area (Å²) in [7, 11) is 1.32. The molecule has 1 heterocycles. The van der Waals surface area contributed by atoms with Crippen LogP contribution in [0.3, 0.4) is 0 Å². The SMILES string of the molecule is C=CC=C1/C(=C\C=C)O[B]Oc2ccccc21. The number of allylic oxidation sites excluding steroid dienone is 5. The van der Waals surface area contributed by atoms with E-state index >= 15 is 0 Å². The molecule has 1 aliphatic heterocycles. The lowest BCUT2D eigenvalue weighted by Gasteiger charge is -2.08. The highest BCUT2D eigenvalue weighted by atomic mass is 16.6. The van der Waals surface area contributed by atoms with E-state index in [1.165, 1.54) is 7.69 Å². The fraction of sp³-hybridized carbons (Fsp3) is 0. The predicted molar refractivity (Wildman–Crippen MR) is 70.4 cm³/mol. The summed E-state index contributed by atoms with van der Waals surface area (Å²) in [6.07, 6.45) is 7.07. The minimum Gasteiger partial charge on any atom is -0.526 e. The maximum Gasteiger partial charge on any atom is 0.658 e. The van der Waals surface area contributed by atoms with Crippen molar-refractivity contribution < 1.29 is 9.31 Å². The van der Waals surface area contributed by atoms with Crippen LogP contribution in [0.25, 0.3) is 5.57 Å². The van der Waals surface area contributed by atoms with Crippen molar-refractivity contribution in [2.24, 2.45) is 0 Å². The first-order chi connectivity index (χ1) is 8.36. The lowest BCUT2D eigenvalue weighted by atomic mass is 10.0. The topological polar surface area (TPSA) is 18.5 Å². The zero-order valence-electron chi connectivity index (χ0n) is 9.43. The normalized spacial score (nSPS) is 18.4. The number of para-hydroxylation sites is 1. The first-order valence-electron chi connectivity index (χ1n) is 5.27. The molecular formula is C14H12BO2. The molecule has 3 heteroatoms. The summed E-state index contributed by atoms with van der Waals surface area (Å²) < 4.78 is 10.8. The van der Waals surface area contributed by atoms with Crippen molar-refractivity contribution in [3.63, 3.8) is 0 Å². The van der Waals surface area contributed by atoms with E-state index in [-0.39, 0.29) is 0 Å². The number of rotatable bonds is 2. The molecule has 0 amide bonds. The third-order valence-electron chi connectivity index (χ3n) is 2.35. The largest absolute Gasteiger partial charge is 0.658 e. The van der Waals surface area contributed by atoms with Gasteiger partial charge in [0, 0.05) is 11.1 Å². The zero-order chi connectivity index (χ0) is 12.1. The van der Waals surface area contributed by atoms with Crippen molar-refractivity contribution in [3.8, 4) is 5.75 Å². The Morgan fingerprint density at radius 3 is 2.53 bits per heavy atom. The molecule has 0 bridgehead atoms. The lowest BCUT2D eigenvalue weighted by Crippen LogP contribution is -2.04. The zero-order valence-corrected chi connectivity index (χ0v) is 9.43. The van der Waals surface area contributed by atoms with Crippen LogP contribution in [0.2, 0.25) is 0 Å². The van der Waals surface area contributed by atoms with Crippen molar-refractivity contribution in [2.45, 2.75) is 0 Å². The van der Waals surface area contributed by atoms with Gasteiger partial charge in [-0.25, -0.2) is 0 Å². The molecule has 0 spiro atoms. The molecule has 0 N–H and O–H groups in total. The smallest absolute Gasteiger partial charge is 0.526 e. The molecule has 0 saturated carbocycles. The predicted octanol–water partition coefficient (Wildman–Crippen LogP) is 3.27. The number of hydrogen-bond acceptors (Lipinski definition) is 2. The van der Waals surface area contributed by atoms with Crippen LogP contribution >= 0.6 is 0 Å². The lowest BCUT2D eigenvalue weighted by molar-refractivity contribution is 0.399. The highest BCUT2D eigenvalue weighted by molar-refractivity contribution is 6.21. The Balaban J connectivity index is 2.58. The van der Waals surface area contributed by atoms with Gasteiger partial charge in [-0.2, -0.15) is 0 Å².